The van der Waals surface area contributed by atoms with Crippen molar-refractivity contribution in [1.82, 2.24) is 14.8 Å². The number of hydrogen-bond acceptors (Lipinski definition) is 5. The Morgan fingerprint density at radius 3 is 2.76 bits per heavy atom. The van der Waals surface area contributed by atoms with Crippen LogP contribution in [-0.4, -0.2) is 30.0 Å². The summed E-state index contributed by atoms with van der Waals surface area (Å²) in [5, 5.41) is 21.7. The first-order valence-corrected chi connectivity index (χ1v) is 13.7. The van der Waals surface area contributed by atoms with E-state index >= 15 is 0 Å². The lowest BCUT2D eigenvalue weighted by atomic mass is 9.96. The van der Waals surface area contributed by atoms with E-state index in [0.717, 1.165) is 41.6 Å². The number of halogens is 1. The Labute approximate surface area is 219 Å². The van der Waals surface area contributed by atoms with Crippen molar-refractivity contribution >= 4 is 28.3 Å². The van der Waals surface area contributed by atoms with Crippen LogP contribution in [0.3, 0.4) is 0 Å². The quantitative estimate of drug-likeness (QED) is 0.318. The van der Waals surface area contributed by atoms with Crippen LogP contribution in [-0.2, 0) is 23.8 Å². The third-order valence-corrected chi connectivity index (χ3v) is 7.74. The molecule has 10 heteroatoms. The molecule has 0 spiro atoms. The summed E-state index contributed by atoms with van der Waals surface area (Å²) < 4.78 is 28.0. The topological polar surface area (TPSA) is 111 Å². The minimum absolute atomic E-state index is 0.0383. The second-order valence-electron chi connectivity index (χ2n) is 8.85. The lowest BCUT2D eigenvalue weighted by Crippen LogP contribution is -2.07. The fourth-order valence-electron chi connectivity index (χ4n) is 4.24. The minimum atomic E-state index is -1.92. The fraction of sp³-hybridized carbons (Fsp3) is 0.222. The van der Waals surface area contributed by atoms with Crippen LogP contribution in [0.25, 0.3) is 16.4 Å². The summed E-state index contributed by atoms with van der Waals surface area (Å²) in [5.41, 5.74) is 4.86. The molecule has 0 aliphatic heterocycles. The van der Waals surface area contributed by atoms with Crippen LogP contribution in [0.2, 0.25) is 0 Å². The second kappa shape index (κ2) is 10.4. The molecule has 0 bridgehead atoms. The number of hydrogen-bond donors (Lipinski definition) is 2. The van der Waals surface area contributed by atoms with Gasteiger partial charge in [0.15, 0.2) is 5.69 Å². The van der Waals surface area contributed by atoms with E-state index in [9.17, 15) is 18.5 Å². The standard InChI is InChI=1S/C27H23FN4O3S2/c1-2-4-16-5-3-6-19(11-16)25-20(12-18-9-10-24(37(29)35)21(28)13-18)23(14-17-7-8-17)32(31-25)27-30-22(15-36-27)26(33)34/h3,5-6,9-11,13,15,17H,7-8,12,14,29H2,1H3,(H,33,34). The number of aromatic carboxylic acids is 1. The molecule has 1 unspecified atom stereocenters. The van der Waals surface area contributed by atoms with E-state index in [1.807, 2.05) is 24.3 Å². The average molecular weight is 535 g/mol. The Bertz CT molecular complexity index is 1590. The normalized spacial score (nSPS) is 13.7. The molecule has 0 saturated heterocycles. The van der Waals surface area contributed by atoms with Gasteiger partial charge in [-0.05, 0) is 61.9 Å². The molecule has 1 saturated carbocycles. The molecular formula is C27H23FN4O3S2. The van der Waals surface area contributed by atoms with Crippen LogP contribution < -0.4 is 5.14 Å². The van der Waals surface area contributed by atoms with Gasteiger partial charge in [-0.25, -0.2) is 28.2 Å². The molecule has 0 radical (unpaired) electrons. The molecule has 2 aromatic heterocycles. The molecular weight excluding hydrogens is 511 g/mol. The summed E-state index contributed by atoms with van der Waals surface area (Å²) in [4.78, 5) is 15.8. The monoisotopic (exact) mass is 534 g/mol. The van der Waals surface area contributed by atoms with Gasteiger partial charge in [-0.15, -0.1) is 17.3 Å². The van der Waals surface area contributed by atoms with Gasteiger partial charge in [-0.3, -0.25) is 0 Å². The highest BCUT2D eigenvalue weighted by Gasteiger charge is 2.29. The summed E-state index contributed by atoms with van der Waals surface area (Å²) in [6.07, 6.45) is 3.32. The van der Waals surface area contributed by atoms with Crippen LogP contribution in [0.15, 0.2) is 52.7 Å². The van der Waals surface area contributed by atoms with Gasteiger partial charge >= 0.3 is 5.97 Å². The van der Waals surface area contributed by atoms with Crippen molar-refractivity contribution in [3.05, 3.63) is 81.7 Å². The molecule has 1 aliphatic rings. The highest BCUT2D eigenvalue weighted by Crippen LogP contribution is 2.38. The molecule has 7 nitrogen and oxygen atoms in total. The van der Waals surface area contributed by atoms with Crippen LogP contribution in [0.5, 0.6) is 0 Å². The van der Waals surface area contributed by atoms with Gasteiger partial charge in [-0.1, -0.05) is 24.1 Å². The summed E-state index contributed by atoms with van der Waals surface area (Å²) >= 11 is 1.21. The molecule has 1 fully saturated rings. The van der Waals surface area contributed by atoms with Crippen LogP contribution in [0.4, 0.5) is 4.39 Å². The predicted molar refractivity (Wildman–Crippen MR) is 140 cm³/mol. The number of carboxylic acid groups (broad SMARTS) is 1. The van der Waals surface area contributed by atoms with Gasteiger partial charge in [0.25, 0.3) is 0 Å². The Balaban J connectivity index is 1.69. The Morgan fingerprint density at radius 2 is 2.11 bits per heavy atom. The molecule has 37 heavy (non-hydrogen) atoms. The SMILES string of the molecule is CC#Cc1cccc(-c2nn(-c3nc(C(=O)O)cs3)c(CC3CC3)c2Cc2ccc(S(N)=O)c(F)c2)c1. The smallest absolute Gasteiger partial charge is 0.355 e. The van der Waals surface area contributed by atoms with E-state index in [2.05, 4.69) is 16.8 Å². The van der Waals surface area contributed by atoms with E-state index in [0.29, 0.717) is 28.7 Å². The van der Waals surface area contributed by atoms with E-state index in [1.54, 1.807) is 17.7 Å². The molecule has 2 aromatic carbocycles. The van der Waals surface area contributed by atoms with Crippen LogP contribution in [0.1, 0.15) is 52.6 Å². The lowest BCUT2D eigenvalue weighted by Gasteiger charge is -2.10. The first kappa shape index (κ1) is 25.0. The summed E-state index contributed by atoms with van der Waals surface area (Å²) in [6, 6.07) is 12.3. The summed E-state index contributed by atoms with van der Waals surface area (Å²) in [6.45, 7) is 1.77. The van der Waals surface area contributed by atoms with Crippen molar-refractivity contribution in [3.8, 4) is 28.2 Å². The molecule has 2 heterocycles. The van der Waals surface area contributed by atoms with Gasteiger partial charge in [0.05, 0.1) is 16.3 Å². The number of carbonyl (C=O) groups is 1. The number of benzene rings is 2. The van der Waals surface area contributed by atoms with Crippen molar-refractivity contribution in [2.24, 2.45) is 11.1 Å². The average Bonchev–Trinajstić information content (AvgIpc) is 3.42. The Kier molecular flexibility index (Phi) is 7.02. The maximum atomic E-state index is 14.7. The van der Waals surface area contributed by atoms with Crippen molar-refractivity contribution in [3.63, 3.8) is 0 Å². The maximum absolute atomic E-state index is 14.7. The number of nitrogens with two attached hydrogens (primary N) is 1. The molecule has 4 aromatic rings. The molecule has 1 aliphatic carbocycles. The largest absolute Gasteiger partial charge is 0.476 e. The second-order valence-corrected chi connectivity index (χ2v) is 10.7. The highest BCUT2D eigenvalue weighted by molar-refractivity contribution is 7.82. The van der Waals surface area contributed by atoms with Gasteiger partial charge in [0, 0.05) is 28.5 Å². The number of aromatic nitrogens is 3. The summed E-state index contributed by atoms with van der Waals surface area (Å²) in [5.74, 6) is 4.76. The van der Waals surface area contributed by atoms with Crippen molar-refractivity contribution in [2.75, 3.05) is 0 Å². The van der Waals surface area contributed by atoms with Crippen molar-refractivity contribution in [2.45, 2.75) is 37.5 Å². The minimum Gasteiger partial charge on any atom is -0.476 e. The van der Waals surface area contributed by atoms with Crippen LogP contribution >= 0.6 is 11.3 Å². The third kappa shape index (κ3) is 5.39. The molecule has 5 rings (SSSR count). The third-order valence-electron chi connectivity index (χ3n) is 6.16. The zero-order valence-electron chi connectivity index (χ0n) is 19.9. The zero-order chi connectivity index (χ0) is 26.1. The lowest BCUT2D eigenvalue weighted by molar-refractivity contribution is 0.0691. The molecule has 1 atom stereocenters. The van der Waals surface area contributed by atoms with Gasteiger partial charge in [0.2, 0.25) is 5.13 Å². The Morgan fingerprint density at radius 1 is 1.30 bits per heavy atom. The van der Waals surface area contributed by atoms with Gasteiger partial charge in [-0.2, -0.15) is 5.10 Å². The highest BCUT2D eigenvalue weighted by atomic mass is 32.2. The van der Waals surface area contributed by atoms with Crippen LogP contribution in [0, 0.1) is 23.6 Å². The van der Waals surface area contributed by atoms with E-state index in [-0.39, 0.29) is 10.6 Å². The van der Waals surface area contributed by atoms with Crippen molar-refractivity contribution in [1.29, 1.82) is 0 Å². The number of rotatable bonds is 8. The molecule has 3 N–H and O–H groups in total. The number of carboxylic acids is 1. The van der Waals surface area contributed by atoms with E-state index in [1.165, 1.54) is 28.8 Å². The zero-order valence-corrected chi connectivity index (χ0v) is 21.5. The number of nitrogens with zero attached hydrogens (tertiary/aromatic N) is 3. The molecule has 0 amide bonds. The van der Waals surface area contributed by atoms with Crippen molar-refractivity contribution < 1.29 is 18.5 Å². The van der Waals surface area contributed by atoms with E-state index < -0.39 is 22.8 Å². The fourth-order valence-corrected chi connectivity index (χ4v) is 5.46. The van der Waals surface area contributed by atoms with Gasteiger partial charge in [0.1, 0.15) is 16.8 Å². The summed E-state index contributed by atoms with van der Waals surface area (Å²) in [7, 11) is -1.92. The predicted octanol–water partition coefficient (Wildman–Crippen LogP) is 4.73. The molecule has 188 valence electrons. The Hall–Kier alpha value is -3.65. The van der Waals surface area contributed by atoms with E-state index in [4.69, 9.17) is 10.2 Å². The first-order chi connectivity index (χ1) is 17.8. The number of thiazole rings is 1. The maximum Gasteiger partial charge on any atom is 0.355 e. The first-order valence-electron chi connectivity index (χ1n) is 11.6. The van der Waals surface area contributed by atoms with Gasteiger partial charge < -0.3 is 5.11 Å².